The minimum absolute atomic E-state index is 0.249. The molecule has 5 nitrogen and oxygen atoms in total. The predicted octanol–water partition coefficient (Wildman–Crippen LogP) is 1.25. The molecule has 1 atom stereocenters. The maximum absolute atomic E-state index is 11.4. The van der Waals surface area contributed by atoms with Crippen molar-refractivity contribution in [2.24, 2.45) is 0 Å². The van der Waals surface area contributed by atoms with Crippen molar-refractivity contribution >= 4 is 28.6 Å². The third kappa shape index (κ3) is 2.86. The fourth-order valence-electron chi connectivity index (χ4n) is 0.986. The van der Waals surface area contributed by atoms with E-state index < -0.39 is 11.9 Å². The second-order valence-corrected chi connectivity index (χ2v) is 3.73. The van der Waals surface area contributed by atoms with Gasteiger partial charge < -0.3 is 4.74 Å². The van der Waals surface area contributed by atoms with E-state index in [2.05, 4.69) is 9.97 Å². The van der Waals surface area contributed by atoms with Gasteiger partial charge in [-0.1, -0.05) is 0 Å². The Kier molecular flexibility index (Phi) is 4.42. The summed E-state index contributed by atoms with van der Waals surface area (Å²) in [5.41, 5.74) is 0.395. The number of halogens is 1. The van der Waals surface area contributed by atoms with E-state index in [9.17, 15) is 4.79 Å². The minimum Gasteiger partial charge on any atom is -0.465 e. The Morgan fingerprint density at radius 2 is 2.53 bits per heavy atom. The van der Waals surface area contributed by atoms with Crippen molar-refractivity contribution in [1.29, 1.82) is 5.26 Å². The predicted molar refractivity (Wildman–Crippen MR) is 59.7 cm³/mol. The van der Waals surface area contributed by atoms with Gasteiger partial charge in [-0.15, -0.1) is 0 Å². The molecule has 1 unspecified atom stereocenters. The molecule has 0 fully saturated rings. The number of hydrogen-bond acceptors (Lipinski definition) is 5. The number of rotatable bonds is 3. The van der Waals surface area contributed by atoms with E-state index in [1.807, 2.05) is 28.7 Å². The van der Waals surface area contributed by atoms with Gasteiger partial charge in [-0.05, 0) is 29.5 Å². The Hall–Kier alpha value is -1.23. The van der Waals surface area contributed by atoms with Gasteiger partial charge in [-0.3, -0.25) is 4.79 Å². The quantitative estimate of drug-likeness (QED) is 0.619. The van der Waals surface area contributed by atoms with Crippen LogP contribution in [0.2, 0.25) is 0 Å². The summed E-state index contributed by atoms with van der Waals surface area (Å²) < 4.78 is 5.45. The molecular formula is C9H8IN3O2. The lowest BCUT2D eigenvalue weighted by Crippen LogP contribution is -2.16. The Bertz CT molecular complexity index is 403. The maximum Gasteiger partial charge on any atom is 0.329 e. The molecule has 0 aromatic carbocycles. The molecule has 0 radical (unpaired) electrons. The molecule has 0 saturated heterocycles. The van der Waals surface area contributed by atoms with E-state index in [-0.39, 0.29) is 6.61 Å². The minimum atomic E-state index is -0.972. The average molecular weight is 317 g/mol. The Morgan fingerprint density at radius 1 is 1.80 bits per heavy atom. The number of hydrogen-bond donors (Lipinski definition) is 0. The van der Waals surface area contributed by atoms with Crippen LogP contribution in [0.5, 0.6) is 0 Å². The lowest BCUT2D eigenvalue weighted by atomic mass is 10.1. The van der Waals surface area contributed by atoms with E-state index in [0.29, 0.717) is 9.26 Å². The molecule has 0 amide bonds. The Balaban J connectivity index is 2.99. The maximum atomic E-state index is 11.4. The molecule has 1 heterocycles. The molecule has 0 spiro atoms. The van der Waals surface area contributed by atoms with Crippen LogP contribution >= 0.6 is 22.6 Å². The van der Waals surface area contributed by atoms with Gasteiger partial charge in [0, 0.05) is 6.20 Å². The second kappa shape index (κ2) is 5.60. The van der Waals surface area contributed by atoms with Gasteiger partial charge in [0.25, 0.3) is 0 Å². The van der Waals surface area contributed by atoms with Crippen LogP contribution in [0.4, 0.5) is 0 Å². The van der Waals surface area contributed by atoms with Gasteiger partial charge in [0.2, 0.25) is 0 Å². The molecule has 78 valence electrons. The molecule has 1 aromatic rings. The first-order valence-corrected chi connectivity index (χ1v) is 5.30. The van der Waals surface area contributed by atoms with Crippen LogP contribution in [0.1, 0.15) is 18.5 Å². The highest BCUT2D eigenvalue weighted by Gasteiger charge is 2.25. The Labute approximate surface area is 101 Å². The fourth-order valence-corrected chi connectivity index (χ4v) is 1.60. The number of nitriles is 1. The van der Waals surface area contributed by atoms with Gasteiger partial charge in [-0.25, -0.2) is 9.97 Å². The van der Waals surface area contributed by atoms with Crippen LogP contribution < -0.4 is 0 Å². The third-order valence-electron chi connectivity index (χ3n) is 1.62. The highest BCUT2D eigenvalue weighted by Crippen LogP contribution is 2.19. The summed E-state index contributed by atoms with van der Waals surface area (Å²) in [6.45, 7) is 1.94. The lowest BCUT2D eigenvalue weighted by Gasteiger charge is -2.08. The zero-order chi connectivity index (χ0) is 11.3. The summed E-state index contributed by atoms with van der Waals surface area (Å²) in [6, 6.07) is 1.87. The monoisotopic (exact) mass is 317 g/mol. The highest BCUT2D eigenvalue weighted by atomic mass is 127. The smallest absolute Gasteiger partial charge is 0.329 e. The third-order valence-corrected chi connectivity index (χ3v) is 2.45. The average Bonchev–Trinajstić information content (AvgIpc) is 2.22. The highest BCUT2D eigenvalue weighted by molar-refractivity contribution is 14.1. The fraction of sp³-hybridized carbons (Fsp3) is 0.333. The largest absolute Gasteiger partial charge is 0.465 e. The normalized spacial score (nSPS) is 11.5. The van der Waals surface area contributed by atoms with Gasteiger partial charge >= 0.3 is 5.97 Å². The van der Waals surface area contributed by atoms with E-state index in [1.54, 1.807) is 13.1 Å². The van der Waals surface area contributed by atoms with Crippen molar-refractivity contribution in [3.05, 3.63) is 21.8 Å². The number of aromatic nitrogens is 2. The summed E-state index contributed by atoms with van der Waals surface area (Å²) in [6.07, 6.45) is 2.85. The van der Waals surface area contributed by atoms with Crippen molar-refractivity contribution in [1.82, 2.24) is 9.97 Å². The molecule has 0 aliphatic rings. The van der Waals surface area contributed by atoms with E-state index >= 15 is 0 Å². The van der Waals surface area contributed by atoms with E-state index in [1.165, 1.54) is 6.33 Å². The van der Waals surface area contributed by atoms with E-state index in [0.717, 1.165) is 0 Å². The molecule has 0 N–H and O–H groups in total. The van der Waals surface area contributed by atoms with Crippen LogP contribution in [-0.2, 0) is 9.53 Å². The first-order chi connectivity index (χ1) is 7.20. The standard InChI is InChI=1S/C9H8IN3O2/c1-2-15-9(14)6(3-11)8-7(10)4-12-5-13-8/h4-6H,2H2,1H3. The second-order valence-electron chi connectivity index (χ2n) is 2.57. The SMILES string of the molecule is CCOC(=O)C(C#N)c1ncncc1I. The van der Waals surface area contributed by atoms with Gasteiger partial charge in [0.15, 0.2) is 5.92 Å². The van der Waals surface area contributed by atoms with Crippen molar-refractivity contribution in [3.8, 4) is 6.07 Å². The van der Waals surface area contributed by atoms with Gasteiger partial charge in [-0.2, -0.15) is 5.26 Å². The van der Waals surface area contributed by atoms with Gasteiger partial charge in [0.1, 0.15) is 6.33 Å². The molecular weight excluding hydrogens is 309 g/mol. The molecule has 6 heteroatoms. The van der Waals surface area contributed by atoms with E-state index in [4.69, 9.17) is 10.00 Å². The summed E-state index contributed by atoms with van der Waals surface area (Å²) in [5, 5.41) is 8.89. The summed E-state index contributed by atoms with van der Waals surface area (Å²) in [5.74, 6) is -1.54. The van der Waals surface area contributed by atoms with Crippen LogP contribution in [0.15, 0.2) is 12.5 Å². The molecule has 0 aliphatic carbocycles. The topological polar surface area (TPSA) is 75.9 Å². The molecule has 0 bridgehead atoms. The van der Waals surface area contributed by atoms with Crippen LogP contribution in [0, 0.1) is 14.9 Å². The van der Waals surface area contributed by atoms with Crippen LogP contribution in [-0.4, -0.2) is 22.5 Å². The molecule has 1 rings (SSSR count). The zero-order valence-electron chi connectivity index (χ0n) is 7.98. The molecule has 0 aliphatic heterocycles. The molecule has 0 saturated carbocycles. The van der Waals surface area contributed by atoms with Crippen LogP contribution in [0.3, 0.4) is 0 Å². The zero-order valence-corrected chi connectivity index (χ0v) is 10.1. The first-order valence-electron chi connectivity index (χ1n) is 4.22. The summed E-state index contributed by atoms with van der Waals surface area (Å²) in [7, 11) is 0. The summed E-state index contributed by atoms with van der Waals surface area (Å²) >= 11 is 1.98. The van der Waals surface area contributed by atoms with Crippen molar-refractivity contribution in [2.75, 3.05) is 6.61 Å². The van der Waals surface area contributed by atoms with Crippen LogP contribution in [0.25, 0.3) is 0 Å². The van der Waals surface area contributed by atoms with Crippen molar-refractivity contribution < 1.29 is 9.53 Å². The Morgan fingerprint density at radius 3 is 3.07 bits per heavy atom. The first kappa shape index (κ1) is 11.8. The molecule has 15 heavy (non-hydrogen) atoms. The lowest BCUT2D eigenvalue weighted by molar-refractivity contribution is -0.143. The summed E-state index contributed by atoms with van der Waals surface area (Å²) in [4.78, 5) is 19.1. The molecule has 1 aromatic heterocycles. The number of esters is 1. The number of nitrogens with zero attached hydrogens (tertiary/aromatic N) is 3. The van der Waals surface area contributed by atoms with Crippen molar-refractivity contribution in [3.63, 3.8) is 0 Å². The van der Waals surface area contributed by atoms with Crippen molar-refractivity contribution in [2.45, 2.75) is 12.8 Å². The number of ether oxygens (including phenoxy) is 1. The number of carbonyl (C=O) groups excluding carboxylic acids is 1. The van der Waals surface area contributed by atoms with Gasteiger partial charge in [0.05, 0.1) is 21.9 Å². The number of carbonyl (C=O) groups is 1.